The normalized spacial score (nSPS) is 12.7. The number of nitrogens with one attached hydrogen (secondary N) is 1. The van der Waals surface area contributed by atoms with Crippen LogP contribution in [0, 0.1) is 5.92 Å². The number of halogens is 1. The molecule has 1 rings (SSSR count). The number of hydrogen-bond acceptors (Lipinski definition) is 4. The Kier molecular flexibility index (Phi) is 5.74. The maximum Gasteiger partial charge on any atom is 0.303 e. The van der Waals surface area contributed by atoms with Gasteiger partial charge in [-0.2, -0.15) is 0 Å². The zero-order valence-corrected chi connectivity index (χ0v) is 13.2. The van der Waals surface area contributed by atoms with E-state index in [2.05, 4.69) is 5.32 Å². The predicted octanol–water partition coefficient (Wildman–Crippen LogP) is 1.58. The summed E-state index contributed by atoms with van der Waals surface area (Å²) in [6.45, 7) is 1.88. The van der Waals surface area contributed by atoms with E-state index in [1.165, 1.54) is 18.2 Å². The van der Waals surface area contributed by atoms with E-state index in [1.54, 1.807) is 6.92 Å². The highest BCUT2D eigenvalue weighted by atomic mass is 35.5. The molecule has 0 fully saturated rings. The van der Waals surface area contributed by atoms with Crippen LogP contribution in [0.3, 0.4) is 0 Å². The summed E-state index contributed by atoms with van der Waals surface area (Å²) in [7, 11) is -3.53. The van der Waals surface area contributed by atoms with E-state index in [-0.39, 0.29) is 34.4 Å². The molecule has 1 atom stereocenters. The molecule has 0 aliphatic carbocycles. The lowest BCUT2D eigenvalue weighted by Crippen LogP contribution is -2.29. The molecule has 0 aromatic heterocycles. The van der Waals surface area contributed by atoms with Gasteiger partial charge in [0, 0.05) is 24.8 Å². The third kappa shape index (κ3) is 5.35. The van der Waals surface area contributed by atoms with Crippen molar-refractivity contribution in [3.05, 3.63) is 28.8 Å². The first-order valence-electron chi connectivity index (χ1n) is 6.11. The Hall–Kier alpha value is -1.60. The van der Waals surface area contributed by atoms with Crippen molar-refractivity contribution in [2.75, 3.05) is 12.8 Å². The quantitative estimate of drug-likeness (QED) is 0.823. The third-order valence-corrected chi connectivity index (χ3v) is 4.31. The monoisotopic (exact) mass is 333 g/mol. The van der Waals surface area contributed by atoms with Gasteiger partial charge in [0.15, 0.2) is 9.84 Å². The number of carboxylic acids is 1. The Morgan fingerprint density at radius 2 is 2.00 bits per heavy atom. The summed E-state index contributed by atoms with van der Waals surface area (Å²) in [5, 5.41) is 11.2. The first-order chi connectivity index (χ1) is 9.61. The van der Waals surface area contributed by atoms with Crippen LogP contribution < -0.4 is 5.32 Å². The van der Waals surface area contributed by atoms with E-state index in [1.807, 2.05) is 0 Å². The maximum atomic E-state index is 11.9. The minimum atomic E-state index is -3.53. The second-order valence-corrected chi connectivity index (χ2v) is 7.22. The molecular formula is C13H16ClNO5S. The zero-order valence-electron chi connectivity index (χ0n) is 11.6. The summed E-state index contributed by atoms with van der Waals surface area (Å²) >= 11 is 5.79. The van der Waals surface area contributed by atoms with Crippen LogP contribution in [-0.2, 0) is 14.6 Å². The summed E-state index contributed by atoms with van der Waals surface area (Å²) in [5.74, 6) is -1.65. The number of sulfone groups is 1. The Morgan fingerprint density at radius 3 is 2.52 bits per heavy atom. The summed E-state index contributed by atoms with van der Waals surface area (Å²) in [6.07, 6.45) is 0.945. The molecule has 116 valence electrons. The molecular weight excluding hydrogens is 318 g/mol. The highest BCUT2D eigenvalue weighted by molar-refractivity contribution is 7.90. The molecule has 0 saturated heterocycles. The van der Waals surface area contributed by atoms with Gasteiger partial charge in [-0.1, -0.05) is 18.5 Å². The number of aliphatic carboxylic acids is 1. The second kappa shape index (κ2) is 6.91. The average Bonchev–Trinajstić information content (AvgIpc) is 2.34. The molecule has 0 spiro atoms. The van der Waals surface area contributed by atoms with Crippen molar-refractivity contribution in [3.63, 3.8) is 0 Å². The number of benzene rings is 1. The lowest BCUT2D eigenvalue weighted by atomic mass is 10.1. The van der Waals surface area contributed by atoms with Crippen molar-refractivity contribution >= 4 is 33.3 Å². The van der Waals surface area contributed by atoms with Crippen molar-refractivity contribution in [2.24, 2.45) is 5.92 Å². The van der Waals surface area contributed by atoms with E-state index in [0.717, 1.165) is 6.26 Å². The van der Waals surface area contributed by atoms with Gasteiger partial charge in [0.2, 0.25) is 0 Å². The van der Waals surface area contributed by atoms with Gasteiger partial charge in [-0.05, 0) is 24.1 Å². The number of carboxylic acid groups (broad SMARTS) is 1. The number of carbonyl (C=O) groups is 2. The topological polar surface area (TPSA) is 101 Å². The molecule has 21 heavy (non-hydrogen) atoms. The third-order valence-electron chi connectivity index (χ3n) is 2.73. The fourth-order valence-corrected chi connectivity index (χ4v) is 2.97. The second-order valence-electron chi connectivity index (χ2n) is 4.83. The van der Waals surface area contributed by atoms with E-state index >= 15 is 0 Å². The molecule has 1 aromatic rings. The fourth-order valence-electron chi connectivity index (χ4n) is 1.67. The summed E-state index contributed by atoms with van der Waals surface area (Å²) in [5.41, 5.74) is 0.155. The predicted molar refractivity (Wildman–Crippen MR) is 78.3 cm³/mol. The van der Waals surface area contributed by atoms with E-state index in [0.29, 0.717) is 0 Å². The molecule has 0 heterocycles. The molecule has 1 unspecified atom stereocenters. The standard InChI is InChI=1S/C13H16ClNO5S/c1-8(5-12(16)17)7-15-13(18)9-3-4-10(14)11(6-9)21(2,19)20/h3-4,6,8H,5,7H2,1-2H3,(H,15,18)(H,16,17). The highest BCUT2D eigenvalue weighted by Crippen LogP contribution is 2.22. The van der Waals surface area contributed by atoms with Gasteiger partial charge < -0.3 is 10.4 Å². The van der Waals surface area contributed by atoms with Crippen LogP contribution in [0.1, 0.15) is 23.7 Å². The first-order valence-corrected chi connectivity index (χ1v) is 8.37. The lowest BCUT2D eigenvalue weighted by Gasteiger charge is -2.11. The first kappa shape index (κ1) is 17.5. The van der Waals surface area contributed by atoms with Crippen LogP contribution in [0.15, 0.2) is 23.1 Å². The van der Waals surface area contributed by atoms with Crippen LogP contribution in [0.4, 0.5) is 0 Å². The van der Waals surface area contributed by atoms with Crippen LogP contribution in [-0.4, -0.2) is 38.2 Å². The summed E-state index contributed by atoms with van der Waals surface area (Å²) < 4.78 is 23.1. The molecule has 1 amide bonds. The van der Waals surface area contributed by atoms with Gasteiger partial charge in [0.25, 0.3) is 5.91 Å². The van der Waals surface area contributed by atoms with E-state index in [9.17, 15) is 18.0 Å². The fraction of sp³-hybridized carbons (Fsp3) is 0.385. The van der Waals surface area contributed by atoms with Crippen LogP contribution in [0.5, 0.6) is 0 Å². The van der Waals surface area contributed by atoms with Crippen molar-refractivity contribution in [2.45, 2.75) is 18.2 Å². The van der Waals surface area contributed by atoms with Gasteiger partial charge >= 0.3 is 5.97 Å². The number of carbonyl (C=O) groups excluding carboxylic acids is 1. The zero-order chi connectivity index (χ0) is 16.2. The Balaban J connectivity index is 2.82. The summed E-state index contributed by atoms with van der Waals surface area (Å²) in [6, 6.07) is 3.95. The number of rotatable bonds is 6. The number of hydrogen-bond donors (Lipinski definition) is 2. The Bertz CT molecular complexity index is 657. The van der Waals surface area contributed by atoms with Gasteiger partial charge in [0.05, 0.1) is 9.92 Å². The molecule has 1 aromatic carbocycles. The molecule has 0 aliphatic heterocycles. The number of amides is 1. The van der Waals surface area contributed by atoms with E-state index < -0.39 is 21.7 Å². The smallest absolute Gasteiger partial charge is 0.303 e. The van der Waals surface area contributed by atoms with Crippen LogP contribution in [0.2, 0.25) is 5.02 Å². The van der Waals surface area contributed by atoms with Gasteiger partial charge in [-0.15, -0.1) is 0 Å². The molecule has 0 saturated carbocycles. The van der Waals surface area contributed by atoms with Gasteiger partial charge in [-0.3, -0.25) is 9.59 Å². The molecule has 0 bridgehead atoms. The Labute approximate surface area is 128 Å². The van der Waals surface area contributed by atoms with Crippen molar-refractivity contribution in [3.8, 4) is 0 Å². The molecule has 8 heteroatoms. The molecule has 6 nitrogen and oxygen atoms in total. The van der Waals surface area contributed by atoms with Crippen LogP contribution in [0.25, 0.3) is 0 Å². The largest absolute Gasteiger partial charge is 0.481 e. The summed E-state index contributed by atoms with van der Waals surface area (Å²) in [4.78, 5) is 22.3. The minimum absolute atomic E-state index is 0.0493. The molecule has 0 aliphatic rings. The van der Waals surface area contributed by atoms with Crippen molar-refractivity contribution < 1.29 is 23.1 Å². The van der Waals surface area contributed by atoms with E-state index in [4.69, 9.17) is 16.7 Å². The lowest BCUT2D eigenvalue weighted by molar-refractivity contribution is -0.137. The Morgan fingerprint density at radius 1 is 1.38 bits per heavy atom. The van der Waals surface area contributed by atoms with Gasteiger partial charge in [-0.25, -0.2) is 8.42 Å². The maximum absolute atomic E-state index is 11.9. The average molecular weight is 334 g/mol. The molecule has 0 radical (unpaired) electrons. The van der Waals surface area contributed by atoms with Gasteiger partial charge in [0.1, 0.15) is 0 Å². The highest BCUT2D eigenvalue weighted by Gasteiger charge is 2.16. The van der Waals surface area contributed by atoms with Crippen molar-refractivity contribution in [1.82, 2.24) is 5.32 Å². The molecule has 2 N–H and O–H groups in total. The minimum Gasteiger partial charge on any atom is -0.481 e. The SMILES string of the molecule is CC(CNC(=O)c1ccc(Cl)c(S(C)(=O)=O)c1)CC(=O)O. The van der Waals surface area contributed by atoms with Crippen molar-refractivity contribution in [1.29, 1.82) is 0 Å². The van der Waals surface area contributed by atoms with Crippen LogP contribution >= 0.6 is 11.6 Å².